The van der Waals surface area contributed by atoms with Gasteiger partial charge in [-0.05, 0) is 78.8 Å². The van der Waals surface area contributed by atoms with E-state index in [9.17, 15) is 112 Å². The summed E-state index contributed by atoms with van der Waals surface area (Å²) in [5, 5.41) is 94.6. The Morgan fingerprint density at radius 1 is 0.471 bits per heavy atom. The number of carbonyl (C=O) groups is 16. The van der Waals surface area contributed by atoms with Crippen LogP contribution in [0.1, 0.15) is 135 Å². The highest BCUT2D eigenvalue weighted by atomic mass is 28.4. The zero-order valence-electron chi connectivity index (χ0n) is 58.1. The van der Waals surface area contributed by atoms with Crippen LogP contribution < -0.4 is 47.7 Å². The zero-order chi connectivity index (χ0) is 77.1. The van der Waals surface area contributed by atoms with E-state index in [1.54, 1.807) is 51.3 Å². The first kappa shape index (κ1) is 88.6. The van der Waals surface area contributed by atoms with Crippen molar-refractivity contribution in [2.24, 2.45) is 0 Å². The Morgan fingerprint density at radius 3 is 1.37 bits per heavy atom. The van der Waals surface area contributed by atoms with Crippen molar-refractivity contribution in [3.8, 4) is 0 Å². The van der Waals surface area contributed by atoms with Crippen molar-refractivity contribution in [3.63, 3.8) is 0 Å². The summed E-state index contributed by atoms with van der Waals surface area (Å²) in [4.78, 5) is 204. The number of carbonyl (C=O) groups excluding carboxylic acids is 8. The molecule has 37 nitrogen and oxygen atoms in total. The quantitative estimate of drug-likeness (QED) is 0.0150. The molecule has 1 aliphatic heterocycles. The van der Waals surface area contributed by atoms with Crippen molar-refractivity contribution in [1.82, 2.24) is 62.1 Å². The van der Waals surface area contributed by atoms with Gasteiger partial charge < -0.3 is 92.2 Å². The molecule has 1 saturated heterocycles. The largest absolute Gasteiger partial charge is 0.481 e. The van der Waals surface area contributed by atoms with Crippen molar-refractivity contribution in [2.45, 2.75) is 171 Å². The summed E-state index contributed by atoms with van der Waals surface area (Å²) in [7, 11) is -3.81. The minimum absolute atomic E-state index is 0.0000470. The van der Waals surface area contributed by atoms with Gasteiger partial charge in [-0.25, -0.2) is 24.0 Å². The van der Waals surface area contributed by atoms with Crippen LogP contribution in [0.3, 0.4) is 0 Å². The average molecular weight is 1470 g/mol. The van der Waals surface area contributed by atoms with E-state index in [0.29, 0.717) is 5.19 Å². The van der Waals surface area contributed by atoms with Gasteiger partial charge in [0.15, 0.2) is 0 Å². The molecule has 102 heavy (non-hydrogen) atoms. The first-order valence-corrected chi connectivity index (χ1v) is 34.9. The van der Waals surface area contributed by atoms with Crippen LogP contribution in [0.4, 0.5) is 8.90 Å². The second kappa shape index (κ2) is 44.0. The Balaban J connectivity index is 2.13. The molecule has 0 saturated carbocycles. The number of hydrogen-bond acceptors (Lipinski definition) is 21. The lowest BCUT2D eigenvalue weighted by Crippen LogP contribution is -2.58. The van der Waals surface area contributed by atoms with Crippen LogP contribution in [0.5, 0.6) is 0 Å². The van der Waals surface area contributed by atoms with Gasteiger partial charge in [-0.1, -0.05) is 53.7 Å². The zero-order valence-corrected chi connectivity index (χ0v) is 59.1. The molecule has 1 aromatic carbocycles. The topological polar surface area (TPSA) is 553 Å². The molecular weight excluding hydrogens is 1370 g/mol. The predicted octanol–water partition coefficient (Wildman–Crippen LogP) is -1.67. The first-order chi connectivity index (χ1) is 47.7. The van der Waals surface area contributed by atoms with Gasteiger partial charge in [0.05, 0.1) is 13.1 Å². The maximum atomic E-state index is 17.2. The summed E-state index contributed by atoms with van der Waals surface area (Å²) in [5.74, 6) is -16.1. The molecular formula is C63H99FN12O25Si. The number of benzene rings is 1. The number of aliphatic carboxylic acids is 8. The number of carboxylic acids is 8. The van der Waals surface area contributed by atoms with Gasteiger partial charge in [0, 0.05) is 110 Å². The molecule has 0 spiro atoms. The van der Waals surface area contributed by atoms with Crippen LogP contribution in [-0.2, 0) is 71.9 Å². The molecule has 2 rings (SSSR count). The number of carboxylic acid groups (broad SMARTS) is 8. The Kier molecular flexibility index (Phi) is 38.2. The second-order valence-corrected chi connectivity index (χ2v) is 31.3. The smallest absolute Gasteiger partial charge is 0.326 e. The molecule has 1 heterocycles. The van der Waals surface area contributed by atoms with Crippen LogP contribution in [0, 0.1) is 0 Å². The lowest BCUT2D eigenvalue weighted by atomic mass is 10.1. The summed E-state index contributed by atoms with van der Waals surface area (Å²) in [6.07, 6.45) is -3.97. The minimum atomic E-state index is -3.81. The van der Waals surface area contributed by atoms with E-state index in [1.807, 2.05) is 10.6 Å². The van der Waals surface area contributed by atoms with E-state index in [1.165, 1.54) is 34.1 Å². The van der Waals surface area contributed by atoms with Crippen LogP contribution in [0.15, 0.2) is 24.3 Å². The predicted molar refractivity (Wildman–Crippen MR) is 359 cm³/mol. The summed E-state index contributed by atoms with van der Waals surface area (Å²) >= 11 is 0. The monoisotopic (exact) mass is 1470 g/mol. The third-order valence-corrected chi connectivity index (χ3v) is 21.9. The van der Waals surface area contributed by atoms with Crippen molar-refractivity contribution in [3.05, 3.63) is 29.8 Å². The highest BCUT2D eigenvalue weighted by Crippen LogP contribution is 2.51. The number of nitrogens with zero attached hydrogens (tertiary/aromatic N) is 4. The Bertz CT molecular complexity index is 3050. The highest BCUT2D eigenvalue weighted by Gasteiger charge is 2.56. The first-order valence-electron chi connectivity index (χ1n) is 33.0. The maximum Gasteiger partial charge on any atom is 0.326 e. The summed E-state index contributed by atoms with van der Waals surface area (Å²) in [6.45, 7) is 9.66. The molecule has 16 N–H and O–H groups in total. The molecule has 1 aromatic rings. The van der Waals surface area contributed by atoms with Gasteiger partial charge in [0.25, 0.3) is 20.8 Å². The SMILES string of the molecule is CC(C)(C)[Si](F)(c1ccc(C(=O)NC(CNC(=O)CCC(C(=O)O)N2CCN(COC=O)CCN(CC(=O)O)CCN(CC(=O)O)CC2)C(=O)N[C@H](CCCCNC(=O)CCC(=O)NCCC[C@@H](NC(=O)CC[C@H](NC(=O)N[C@@H](CCC(=O)O)C(=O)O)C(=O)O)C(=O)O)C(=O)O)cc1)C(C)(C)C. The van der Waals surface area contributed by atoms with Crippen LogP contribution in [-0.4, -0.2) is 293 Å². The summed E-state index contributed by atoms with van der Waals surface area (Å²) < 4.78 is 22.2. The van der Waals surface area contributed by atoms with E-state index >= 15 is 4.11 Å². The van der Waals surface area contributed by atoms with Crippen LogP contribution in [0.2, 0.25) is 10.1 Å². The molecule has 6 atom stereocenters. The van der Waals surface area contributed by atoms with Crippen molar-refractivity contribution in [2.75, 3.05) is 91.8 Å². The van der Waals surface area contributed by atoms with Crippen molar-refractivity contribution < 1.29 is 126 Å². The van der Waals surface area contributed by atoms with Gasteiger partial charge in [-0.3, -0.25) is 72.3 Å². The van der Waals surface area contributed by atoms with E-state index in [0.717, 1.165) is 0 Å². The third kappa shape index (κ3) is 32.9. The molecule has 572 valence electrons. The fraction of sp³-hybridized carbons (Fsp3) is 0.651. The van der Waals surface area contributed by atoms with Gasteiger partial charge in [0.2, 0.25) is 29.5 Å². The summed E-state index contributed by atoms with van der Waals surface area (Å²) in [6, 6.07) is -5.13. The number of ether oxygens (including phenoxy) is 1. The fourth-order valence-electron chi connectivity index (χ4n) is 11.3. The van der Waals surface area contributed by atoms with Gasteiger partial charge in [-0.15, -0.1) is 0 Å². The Labute approximate surface area is 588 Å². The van der Waals surface area contributed by atoms with E-state index in [2.05, 4.69) is 31.9 Å². The standard InChI is InChI=1S/C63H99FN12O25Si/c1-62(2,3)102(64,63(4,5)6)40-14-12-39(13-15-40)54(88)70-45(34-67-49(80)20-18-46(60(98)99)76-32-30-74(36-53(86)87)27-26-73(35-52(84)85)28-29-75(31-33-76)37-101-38-77)55(89)69-42(57(92)93)10-7-8-24-65-47(78)21-22-48(79)66-25-9-11-41(56(90)91)68-50(81)19-16-43(58(94)95)71-61(100)72-44(59(96)97)17-23-51(82)83/h12-15,38,41-46H,7-11,16-37H2,1-6H3,(H,65,78)(H,66,79)(H,67,80)(H,68,81)(H,69,89)(H,70,88)(H,82,83)(H,84,85)(H,86,87)(H,90,91)(H,92,93)(H,94,95)(H,96,97)(H,98,99)(H2,71,72,100)/t41-,42-,43+,44+,45?,46?/m1/s1. The number of rotatable bonds is 44. The molecule has 2 unspecified atom stereocenters. The van der Waals surface area contributed by atoms with Gasteiger partial charge in [-0.2, -0.15) is 0 Å². The molecule has 1 aliphatic rings. The van der Waals surface area contributed by atoms with Crippen molar-refractivity contribution >= 4 is 109 Å². The van der Waals surface area contributed by atoms with Crippen LogP contribution in [0.25, 0.3) is 0 Å². The summed E-state index contributed by atoms with van der Waals surface area (Å²) in [5.41, 5.74) is -0.0255. The number of halogens is 1. The molecule has 0 radical (unpaired) electrons. The molecule has 39 heteroatoms. The molecule has 1 fully saturated rings. The minimum Gasteiger partial charge on any atom is -0.481 e. The molecule has 8 amide bonds. The average Bonchev–Trinajstić information content (AvgIpc) is 0.748. The molecule has 0 aromatic heterocycles. The number of urea groups is 1. The van der Waals surface area contributed by atoms with E-state index in [4.69, 9.17) is 9.84 Å². The van der Waals surface area contributed by atoms with E-state index in [-0.39, 0.29) is 142 Å². The lowest BCUT2D eigenvalue weighted by molar-refractivity contribution is -0.145. The van der Waals surface area contributed by atoms with Gasteiger partial charge in [0.1, 0.15) is 43.0 Å². The lowest BCUT2D eigenvalue weighted by Gasteiger charge is -2.44. The Morgan fingerprint density at radius 2 is 0.902 bits per heavy atom. The molecule has 0 bridgehead atoms. The third-order valence-electron chi connectivity index (χ3n) is 16.6. The maximum absolute atomic E-state index is 17.2. The second-order valence-electron chi connectivity index (χ2n) is 26.4. The van der Waals surface area contributed by atoms with Gasteiger partial charge >= 0.3 is 53.8 Å². The highest BCUT2D eigenvalue weighted by molar-refractivity contribution is 6.90. The number of unbranched alkanes of at least 4 members (excludes halogenated alkanes) is 1. The fourth-order valence-corrected chi connectivity index (χ4v) is 15.9. The normalized spacial score (nSPS) is 15.6. The molecule has 0 aliphatic carbocycles. The Hall–Kier alpha value is -9.47. The van der Waals surface area contributed by atoms with E-state index < -0.39 is 189 Å². The van der Waals surface area contributed by atoms with Crippen LogP contribution >= 0.6 is 0 Å². The number of nitrogens with one attached hydrogen (secondary N) is 8. The number of amides is 8. The number of hydrogen-bond donors (Lipinski definition) is 16. The van der Waals surface area contributed by atoms with Crippen molar-refractivity contribution in [1.29, 1.82) is 0 Å².